The summed E-state index contributed by atoms with van der Waals surface area (Å²) >= 11 is 6.31. The molecule has 5 rings (SSSR count). The summed E-state index contributed by atoms with van der Waals surface area (Å²) < 4.78 is 1.76. The molecule has 1 atom stereocenters. The summed E-state index contributed by atoms with van der Waals surface area (Å²) in [4.78, 5) is 14.8. The fraction of sp³-hybridized carbons (Fsp3) is 0.346. The lowest BCUT2D eigenvalue weighted by atomic mass is 9.76. The van der Waals surface area contributed by atoms with E-state index in [2.05, 4.69) is 12.1 Å². The van der Waals surface area contributed by atoms with E-state index in [-0.39, 0.29) is 17.7 Å². The Hall–Kier alpha value is -3.12. The molecular weight excluding hydrogens is 438 g/mol. The van der Waals surface area contributed by atoms with Gasteiger partial charge in [0.25, 0.3) is 0 Å². The molecule has 7 heteroatoms. The zero-order valence-corrected chi connectivity index (χ0v) is 19.1. The molecule has 0 spiro atoms. The van der Waals surface area contributed by atoms with Crippen molar-refractivity contribution in [2.45, 2.75) is 38.0 Å². The quantitative estimate of drug-likeness (QED) is 0.441. The van der Waals surface area contributed by atoms with E-state index in [1.165, 1.54) is 23.5 Å². The Kier molecular flexibility index (Phi) is 5.94. The second-order valence-corrected chi connectivity index (χ2v) is 9.46. The Morgan fingerprint density at radius 3 is 2.48 bits per heavy atom. The molecule has 1 aliphatic carbocycles. The maximum atomic E-state index is 12.9. The van der Waals surface area contributed by atoms with Gasteiger partial charge in [-0.15, -0.1) is 0 Å². The van der Waals surface area contributed by atoms with Crippen LogP contribution in [0.4, 0.5) is 0 Å². The van der Waals surface area contributed by atoms with E-state index in [0.717, 1.165) is 57.0 Å². The number of pyridine rings is 2. The van der Waals surface area contributed by atoms with Crippen molar-refractivity contribution in [3.8, 4) is 0 Å². The largest absolute Gasteiger partial charge is 0.619 e. The molecule has 0 saturated carbocycles. The smallest absolute Gasteiger partial charge is 0.226 e. The van der Waals surface area contributed by atoms with E-state index >= 15 is 0 Å². The maximum Gasteiger partial charge on any atom is 0.226 e. The minimum absolute atomic E-state index is 0.00709. The normalized spacial score (nSPS) is 18.3. The van der Waals surface area contributed by atoms with Crippen LogP contribution in [0.2, 0.25) is 5.02 Å². The minimum atomic E-state index is -0.00709. The summed E-state index contributed by atoms with van der Waals surface area (Å²) in [5.74, 6) is 0.335. The topological polar surface area (TPSA) is 74.2 Å². The molecule has 1 unspecified atom stereocenters. The van der Waals surface area contributed by atoms with Crippen molar-refractivity contribution in [1.29, 1.82) is 0 Å². The van der Waals surface area contributed by atoms with E-state index in [1.807, 2.05) is 23.1 Å². The molecule has 1 saturated heterocycles. The van der Waals surface area contributed by atoms with E-state index in [1.54, 1.807) is 18.3 Å². The van der Waals surface area contributed by atoms with E-state index < -0.39 is 0 Å². The van der Waals surface area contributed by atoms with Gasteiger partial charge in [0.15, 0.2) is 18.6 Å². The highest BCUT2D eigenvalue weighted by Gasteiger charge is 2.38. The van der Waals surface area contributed by atoms with Gasteiger partial charge in [0.05, 0.1) is 12.3 Å². The summed E-state index contributed by atoms with van der Waals surface area (Å²) in [7, 11) is 0. The third kappa shape index (κ3) is 4.40. The SMILES string of the molecule is O=C(Cc1cc[n+]([O-])cc1)N1CCC(C2c3ccc(Cl)cc3CCc3ccc[n+]([O-])c32)CC1. The first-order chi connectivity index (χ1) is 16.0. The lowest BCUT2D eigenvalue weighted by molar-refractivity contribution is -0.616. The van der Waals surface area contributed by atoms with Crippen LogP contribution < -0.4 is 9.46 Å². The number of hydrogen-bond donors (Lipinski definition) is 0. The standard InChI is InChI=1S/C26H26ClN3O3/c27-22-5-6-23-21(17-22)4-3-20-2-1-11-30(33)26(20)25(23)19-9-12-28(13-10-19)24(31)16-18-7-14-29(32)15-8-18/h1-2,5-8,11,14-15,17,19,25H,3-4,9-10,12-13,16H2. The van der Waals surface area contributed by atoms with Crippen molar-refractivity contribution in [2.24, 2.45) is 5.92 Å². The molecule has 1 fully saturated rings. The Balaban J connectivity index is 1.38. The van der Waals surface area contributed by atoms with Crippen LogP contribution >= 0.6 is 11.6 Å². The number of aromatic nitrogens is 2. The summed E-state index contributed by atoms with van der Waals surface area (Å²) in [6, 6.07) is 13.3. The van der Waals surface area contributed by atoms with Crippen LogP contribution in [0.25, 0.3) is 0 Å². The molecule has 1 aromatic carbocycles. The lowest BCUT2D eigenvalue weighted by Gasteiger charge is -2.36. The molecule has 3 heterocycles. The predicted molar refractivity (Wildman–Crippen MR) is 125 cm³/mol. The van der Waals surface area contributed by atoms with Crippen LogP contribution in [0.5, 0.6) is 0 Å². The van der Waals surface area contributed by atoms with Gasteiger partial charge >= 0.3 is 0 Å². The summed E-state index contributed by atoms with van der Waals surface area (Å²) in [5.41, 5.74) is 5.18. The molecule has 33 heavy (non-hydrogen) atoms. The van der Waals surface area contributed by atoms with Gasteiger partial charge < -0.3 is 15.3 Å². The van der Waals surface area contributed by atoms with Crippen LogP contribution in [-0.4, -0.2) is 23.9 Å². The van der Waals surface area contributed by atoms with E-state index in [4.69, 9.17) is 11.6 Å². The molecule has 170 valence electrons. The second kappa shape index (κ2) is 9.02. The number of carbonyl (C=O) groups excluding carboxylic acids is 1. The minimum Gasteiger partial charge on any atom is -0.619 e. The number of carbonyl (C=O) groups is 1. The Labute approximate surface area is 198 Å². The molecule has 0 N–H and O–H groups in total. The number of halogens is 1. The van der Waals surface area contributed by atoms with Gasteiger partial charge in [0.1, 0.15) is 0 Å². The third-order valence-electron chi connectivity index (χ3n) is 7.07. The van der Waals surface area contributed by atoms with Gasteiger partial charge in [0.2, 0.25) is 11.6 Å². The Morgan fingerprint density at radius 2 is 1.73 bits per heavy atom. The number of piperidine rings is 1. The number of rotatable bonds is 3. The van der Waals surface area contributed by atoms with Gasteiger partial charge in [-0.3, -0.25) is 4.79 Å². The lowest BCUT2D eigenvalue weighted by Crippen LogP contribution is -2.43. The van der Waals surface area contributed by atoms with Crippen molar-refractivity contribution in [3.05, 3.63) is 104 Å². The van der Waals surface area contributed by atoms with Gasteiger partial charge in [-0.05, 0) is 66.5 Å². The molecular formula is C26H26ClN3O3. The molecule has 2 aliphatic rings. The van der Waals surface area contributed by atoms with Crippen molar-refractivity contribution in [1.82, 2.24) is 4.90 Å². The monoisotopic (exact) mass is 463 g/mol. The van der Waals surface area contributed by atoms with Gasteiger partial charge in [0, 0.05) is 41.9 Å². The van der Waals surface area contributed by atoms with Crippen LogP contribution in [0.15, 0.2) is 61.1 Å². The Bertz CT molecular complexity index is 1170. The van der Waals surface area contributed by atoms with Gasteiger partial charge in [-0.1, -0.05) is 17.7 Å². The average Bonchev–Trinajstić information content (AvgIpc) is 2.98. The molecule has 0 radical (unpaired) electrons. The Morgan fingerprint density at radius 1 is 1.00 bits per heavy atom. The molecule has 2 aromatic heterocycles. The molecule has 1 aliphatic heterocycles. The van der Waals surface area contributed by atoms with Crippen LogP contribution in [0.3, 0.4) is 0 Å². The van der Waals surface area contributed by atoms with Gasteiger partial charge in [-0.2, -0.15) is 9.46 Å². The molecule has 6 nitrogen and oxygen atoms in total. The number of amides is 1. The molecule has 0 bridgehead atoms. The van der Waals surface area contributed by atoms with Crippen molar-refractivity contribution >= 4 is 17.5 Å². The second-order valence-electron chi connectivity index (χ2n) is 9.03. The van der Waals surface area contributed by atoms with Crippen LogP contribution in [0.1, 0.15) is 46.7 Å². The number of fused-ring (bicyclic) bond motifs is 2. The first-order valence-corrected chi connectivity index (χ1v) is 11.8. The number of benzene rings is 1. The number of likely N-dealkylation sites (tertiary alicyclic amines) is 1. The summed E-state index contributed by atoms with van der Waals surface area (Å²) in [6.07, 6.45) is 8.07. The zero-order valence-electron chi connectivity index (χ0n) is 18.3. The summed E-state index contributed by atoms with van der Waals surface area (Å²) in [6.45, 7) is 1.33. The fourth-order valence-corrected chi connectivity index (χ4v) is 5.61. The third-order valence-corrected chi connectivity index (χ3v) is 7.31. The molecule has 3 aromatic rings. The highest BCUT2D eigenvalue weighted by Crippen LogP contribution is 2.42. The number of aryl methyl sites for hydroxylation is 2. The molecule has 1 amide bonds. The van der Waals surface area contributed by atoms with Crippen LogP contribution in [0, 0.1) is 16.3 Å². The van der Waals surface area contributed by atoms with Crippen molar-refractivity contribution in [2.75, 3.05) is 13.1 Å². The van der Waals surface area contributed by atoms with E-state index in [9.17, 15) is 15.2 Å². The maximum absolute atomic E-state index is 12.9. The van der Waals surface area contributed by atoms with Crippen molar-refractivity contribution < 1.29 is 14.3 Å². The highest BCUT2D eigenvalue weighted by molar-refractivity contribution is 6.30. The van der Waals surface area contributed by atoms with E-state index in [0.29, 0.717) is 19.5 Å². The van der Waals surface area contributed by atoms with Crippen LogP contribution in [-0.2, 0) is 24.1 Å². The van der Waals surface area contributed by atoms with Gasteiger partial charge in [-0.25, -0.2) is 0 Å². The summed E-state index contributed by atoms with van der Waals surface area (Å²) in [5, 5.41) is 24.9. The van der Waals surface area contributed by atoms with Crippen molar-refractivity contribution in [3.63, 3.8) is 0 Å². The number of nitrogens with zero attached hydrogens (tertiary/aromatic N) is 3. The zero-order chi connectivity index (χ0) is 22.9. The average molecular weight is 464 g/mol. The number of hydrogen-bond acceptors (Lipinski definition) is 3. The first-order valence-electron chi connectivity index (χ1n) is 11.4. The first kappa shape index (κ1) is 21.7. The fourth-order valence-electron chi connectivity index (χ4n) is 5.41. The predicted octanol–water partition coefficient (Wildman–Crippen LogP) is 3.32. The highest BCUT2D eigenvalue weighted by atomic mass is 35.5.